The van der Waals surface area contributed by atoms with E-state index in [0.29, 0.717) is 11.7 Å². The van der Waals surface area contributed by atoms with E-state index in [-0.39, 0.29) is 11.9 Å². The molecule has 2 aromatic carbocycles. The van der Waals surface area contributed by atoms with Gasteiger partial charge in [0.1, 0.15) is 0 Å². The van der Waals surface area contributed by atoms with E-state index in [1.807, 2.05) is 54.6 Å². The first-order valence-corrected chi connectivity index (χ1v) is 9.31. The summed E-state index contributed by atoms with van der Waals surface area (Å²) in [6, 6.07) is 17.1. The fourth-order valence-electron chi connectivity index (χ4n) is 3.04. The Morgan fingerprint density at radius 1 is 1.12 bits per heavy atom. The summed E-state index contributed by atoms with van der Waals surface area (Å²) in [5.74, 6) is -0.0910. The molecule has 1 amide bonds. The van der Waals surface area contributed by atoms with Crippen molar-refractivity contribution >= 4 is 40.5 Å². The predicted octanol–water partition coefficient (Wildman–Crippen LogP) is 3.32. The van der Waals surface area contributed by atoms with Gasteiger partial charge in [0.2, 0.25) is 0 Å². The van der Waals surface area contributed by atoms with Crippen molar-refractivity contribution in [2.24, 2.45) is 0 Å². The van der Waals surface area contributed by atoms with Crippen LogP contribution in [0.25, 0.3) is 0 Å². The number of carbonyl (C=O) groups is 1. The molecule has 7 heteroatoms. The lowest BCUT2D eigenvalue weighted by Crippen LogP contribution is -2.51. The first-order valence-electron chi connectivity index (χ1n) is 8.53. The molecule has 0 bridgehead atoms. The maximum absolute atomic E-state index is 12.6. The molecule has 5 nitrogen and oxygen atoms in total. The number of hydrogen-bond acceptors (Lipinski definition) is 3. The molecule has 1 saturated heterocycles. The average Bonchev–Trinajstić information content (AvgIpc) is 3.11. The summed E-state index contributed by atoms with van der Waals surface area (Å²) in [5.41, 5.74) is 7.37. The van der Waals surface area contributed by atoms with E-state index >= 15 is 0 Å². The molecule has 3 N–H and O–H groups in total. The number of nitrogens with one attached hydrogen (secondary N) is 3. The molecule has 0 saturated carbocycles. The molecule has 0 aliphatic carbocycles. The van der Waals surface area contributed by atoms with Gasteiger partial charge >= 0.3 is 0 Å². The van der Waals surface area contributed by atoms with Crippen LogP contribution >= 0.6 is 23.8 Å². The maximum Gasteiger partial charge on any atom is 0.255 e. The van der Waals surface area contributed by atoms with Gasteiger partial charge in [0.15, 0.2) is 5.11 Å². The second kappa shape index (κ2) is 8.98. The Morgan fingerprint density at radius 2 is 1.85 bits per heavy atom. The summed E-state index contributed by atoms with van der Waals surface area (Å²) in [6.07, 6.45) is 1.80. The normalized spacial score (nSPS) is 16.9. The van der Waals surface area contributed by atoms with Crippen LogP contribution < -0.4 is 16.2 Å². The monoisotopic (exact) mass is 388 g/mol. The summed E-state index contributed by atoms with van der Waals surface area (Å²) in [7, 11) is 0. The van der Waals surface area contributed by atoms with Gasteiger partial charge in [-0.1, -0.05) is 48.0 Å². The molecule has 26 heavy (non-hydrogen) atoms. The minimum Gasteiger partial charge on any atom is -0.331 e. The largest absolute Gasteiger partial charge is 0.331 e. The van der Waals surface area contributed by atoms with E-state index < -0.39 is 0 Å². The molecular formula is C19H21ClN4OS. The third-order valence-corrected chi connectivity index (χ3v) is 4.90. The van der Waals surface area contributed by atoms with Gasteiger partial charge in [0.25, 0.3) is 5.91 Å². The van der Waals surface area contributed by atoms with Crippen LogP contribution in [-0.2, 0) is 11.3 Å². The Kier molecular flexibility index (Phi) is 6.44. The number of likely N-dealkylation sites (tertiary alicyclic amines) is 1. The van der Waals surface area contributed by atoms with Crippen molar-refractivity contribution < 1.29 is 4.79 Å². The van der Waals surface area contributed by atoms with E-state index in [0.717, 1.165) is 35.7 Å². The lowest BCUT2D eigenvalue weighted by Gasteiger charge is -2.24. The van der Waals surface area contributed by atoms with Gasteiger partial charge in [0.05, 0.1) is 6.04 Å². The van der Waals surface area contributed by atoms with Crippen LogP contribution in [0.2, 0.25) is 5.02 Å². The molecular weight excluding hydrogens is 368 g/mol. The van der Waals surface area contributed by atoms with Gasteiger partial charge < -0.3 is 5.32 Å². The summed E-state index contributed by atoms with van der Waals surface area (Å²) >= 11 is 11.5. The maximum atomic E-state index is 12.6. The number of nitrogens with zero attached hydrogens (tertiary/aromatic N) is 1. The number of carbonyl (C=O) groups excluding carboxylic acids is 1. The van der Waals surface area contributed by atoms with E-state index in [1.54, 1.807) is 0 Å². The zero-order chi connectivity index (χ0) is 18.4. The molecule has 1 atom stereocenters. The minimum atomic E-state index is -0.196. The number of rotatable bonds is 4. The quantitative estimate of drug-likeness (QED) is 0.554. The van der Waals surface area contributed by atoms with Crippen LogP contribution in [-0.4, -0.2) is 28.5 Å². The zero-order valence-electron chi connectivity index (χ0n) is 14.2. The second-order valence-corrected chi connectivity index (χ2v) is 6.97. The van der Waals surface area contributed by atoms with Gasteiger partial charge in [-0.15, -0.1) is 0 Å². The van der Waals surface area contributed by atoms with E-state index in [4.69, 9.17) is 23.8 Å². The highest BCUT2D eigenvalue weighted by molar-refractivity contribution is 7.80. The number of benzene rings is 2. The number of anilines is 1. The Bertz CT molecular complexity index is 771. The Hall–Kier alpha value is -2.15. The first-order chi connectivity index (χ1) is 12.6. The highest BCUT2D eigenvalue weighted by atomic mass is 35.5. The molecule has 2 aromatic rings. The average molecular weight is 389 g/mol. The molecule has 0 unspecified atom stereocenters. The smallest absolute Gasteiger partial charge is 0.255 e. The summed E-state index contributed by atoms with van der Waals surface area (Å²) in [5, 5.41) is 4.10. The van der Waals surface area contributed by atoms with Crippen molar-refractivity contribution in [2.45, 2.75) is 25.4 Å². The van der Waals surface area contributed by atoms with E-state index in [1.165, 1.54) is 0 Å². The standard InChI is InChI=1S/C19H21ClN4OS/c20-16-10-5-4-7-14(16)13-24-12-6-11-17(24)18(25)22-23-19(26)21-15-8-2-1-3-9-15/h1-5,7-10,17H,6,11-13H2,(H,22,25)(H2,21,23,26)/t17-/m0/s1. The number of hydrazine groups is 1. The van der Waals surface area contributed by atoms with Crippen LogP contribution in [0, 0.1) is 0 Å². The molecule has 1 aliphatic heterocycles. The fraction of sp³-hybridized carbons (Fsp3) is 0.263. The topological polar surface area (TPSA) is 56.4 Å². The van der Waals surface area contributed by atoms with E-state index in [9.17, 15) is 4.79 Å². The van der Waals surface area contributed by atoms with Crippen LogP contribution in [0.3, 0.4) is 0 Å². The van der Waals surface area contributed by atoms with Crippen molar-refractivity contribution in [1.82, 2.24) is 15.8 Å². The van der Waals surface area contributed by atoms with Crippen molar-refractivity contribution in [3.8, 4) is 0 Å². The number of para-hydroxylation sites is 1. The predicted molar refractivity (Wildman–Crippen MR) is 109 cm³/mol. The van der Waals surface area contributed by atoms with Gasteiger partial charge in [-0.25, -0.2) is 0 Å². The summed E-state index contributed by atoms with van der Waals surface area (Å²) < 4.78 is 0. The number of thiocarbonyl (C=S) groups is 1. The SMILES string of the molecule is O=C(NNC(=S)Nc1ccccc1)[C@@H]1CCCN1Cc1ccccc1Cl. The third kappa shape index (κ3) is 4.94. The molecule has 1 fully saturated rings. The highest BCUT2D eigenvalue weighted by Crippen LogP contribution is 2.23. The van der Waals surface area contributed by atoms with Crippen LogP contribution in [0.5, 0.6) is 0 Å². The second-order valence-electron chi connectivity index (χ2n) is 6.15. The molecule has 3 rings (SSSR count). The zero-order valence-corrected chi connectivity index (χ0v) is 15.8. The fourth-order valence-corrected chi connectivity index (χ4v) is 3.41. The summed E-state index contributed by atoms with van der Waals surface area (Å²) in [6.45, 7) is 1.53. The summed E-state index contributed by atoms with van der Waals surface area (Å²) in [4.78, 5) is 14.7. The molecule has 136 valence electrons. The Balaban J connectivity index is 1.52. The molecule has 1 aliphatic rings. The van der Waals surface area contributed by atoms with Crippen molar-refractivity contribution in [1.29, 1.82) is 0 Å². The van der Waals surface area contributed by atoms with Gasteiger partial charge in [-0.2, -0.15) is 0 Å². The molecule has 0 spiro atoms. The van der Waals surface area contributed by atoms with Crippen LogP contribution in [0.4, 0.5) is 5.69 Å². The lowest BCUT2D eigenvalue weighted by atomic mass is 10.1. The molecule has 1 heterocycles. The van der Waals surface area contributed by atoms with Crippen molar-refractivity contribution in [3.63, 3.8) is 0 Å². The number of amides is 1. The highest BCUT2D eigenvalue weighted by Gasteiger charge is 2.31. The third-order valence-electron chi connectivity index (χ3n) is 4.33. The van der Waals surface area contributed by atoms with Gasteiger partial charge in [-0.05, 0) is 55.4 Å². The van der Waals surface area contributed by atoms with Crippen molar-refractivity contribution in [2.75, 3.05) is 11.9 Å². The van der Waals surface area contributed by atoms with E-state index in [2.05, 4.69) is 21.1 Å². The Morgan fingerprint density at radius 3 is 2.62 bits per heavy atom. The number of hydrogen-bond donors (Lipinski definition) is 3. The first kappa shape index (κ1) is 18.6. The van der Waals surface area contributed by atoms with Crippen LogP contribution in [0.1, 0.15) is 18.4 Å². The minimum absolute atomic E-state index is 0.0910. The number of halogens is 1. The molecule has 0 radical (unpaired) electrons. The van der Waals surface area contributed by atoms with Crippen LogP contribution in [0.15, 0.2) is 54.6 Å². The lowest BCUT2D eigenvalue weighted by molar-refractivity contribution is -0.126. The van der Waals surface area contributed by atoms with Gasteiger partial charge in [0, 0.05) is 17.3 Å². The van der Waals surface area contributed by atoms with Gasteiger partial charge in [-0.3, -0.25) is 20.5 Å². The molecule has 0 aromatic heterocycles. The Labute approximate surface area is 163 Å². The van der Waals surface area contributed by atoms with Crippen molar-refractivity contribution in [3.05, 3.63) is 65.2 Å².